The highest BCUT2D eigenvalue weighted by Gasteiger charge is 2.27. The smallest absolute Gasteiger partial charge is 0.227 e. The summed E-state index contributed by atoms with van der Waals surface area (Å²) in [4.78, 5) is 11.1. The van der Waals surface area contributed by atoms with Crippen LogP contribution in [0.25, 0.3) is 0 Å². The lowest BCUT2D eigenvalue weighted by atomic mass is 9.96. The highest BCUT2D eigenvalue weighted by atomic mass is 32.2. The molecule has 0 N–H and O–H groups in total. The first-order valence-corrected chi connectivity index (χ1v) is 12.7. The number of aromatic nitrogens is 3. The van der Waals surface area contributed by atoms with Crippen molar-refractivity contribution in [1.82, 2.24) is 19.4 Å². The summed E-state index contributed by atoms with van der Waals surface area (Å²) in [6, 6.07) is 14.6. The number of benzene rings is 1. The van der Waals surface area contributed by atoms with E-state index in [0.717, 1.165) is 31.5 Å². The molecule has 31 heavy (non-hydrogen) atoms. The molecule has 3 aromatic rings. The molecule has 0 aliphatic carbocycles. The van der Waals surface area contributed by atoms with Gasteiger partial charge < -0.3 is 4.57 Å². The van der Waals surface area contributed by atoms with Crippen LogP contribution in [0.5, 0.6) is 0 Å². The van der Waals surface area contributed by atoms with Crippen molar-refractivity contribution in [2.24, 2.45) is 0 Å². The van der Waals surface area contributed by atoms with Crippen LogP contribution < -0.4 is 0 Å². The minimum atomic E-state index is -3.40. The Morgan fingerprint density at radius 1 is 1.06 bits per heavy atom. The Morgan fingerprint density at radius 3 is 2.65 bits per heavy atom. The zero-order valence-electron chi connectivity index (χ0n) is 18.0. The Hall–Kier alpha value is -2.51. The molecular formula is C24H30N4O2S. The maximum absolute atomic E-state index is 12.7. The molecule has 4 rings (SSSR count). The van der Waals surface area contributed by atoms with Crippen LogP contribution in [0, 0.1) is 0 Å². The molecule has 1 atom stereocenters. The van der Waals surface area contributed by atoms with Gasteiger partial charge in [-0.25, -0.2) is 13.4 Å². The van der Waals surface area contributed by atoms with Crippen LogP contribution in [-0.4, -0.2) is 40.2 Å². The van der Waals surface area contributed by atoms with Gasteiger partial charge in [-0.3, -0.25) is 9.88 Å². The fourth-order valence-electron chi connectivity index (χ4n) is 4.36. The van der Waals surface area contributed by atoms with E-state index >= 15 is 0 Å². The van der Waals surface area contributed by atoms with Crippen molar-refractivity contribution in [1.29, 1.82) is 0 Å². The zero-order chi connectivity index (χ0) is 21.7. The van der Waals surface area contributed by atoms with E-state index in [-0.39, 0.29) is 10.9 Å². The largest absolute Gasteiger partial charge is 0.317 e. The van der Waals surface area contributed by atoms with Gasteiger partial charge in [-0.1, -0.05) is 49.7 Å². The molecule has 7 heteroatoms. The van der Waals surface area contributed by atoms with E-state index in [1.165, 1.54) is 17.5 Å². The second-order valence-electron chi connectivity index (χ2n) is 8.09. The summed E-state index contributed by atoms with van der Waals surface area (Å²) >= 11 is 0. The van der Waals surface area contributed by atoms with Crippen molar-refractivity contribution >= 4 is 9.84 Å². The molecule has 0 unspecified atom stereocenters. The first-order chi connectivity index (χ1) is 15.1. The number of imidazole rings is 1. The third-order valence-corrected chi connectivity index (χ3v) is 7.72. The summed E-state index contributed by atoms with van der Waals surface area (Å²) in [7, 11) is -3.40. The van der Waals surface area contributed by atoms with Crippen LogP contribution in [0.4, 0.5) is 0 Å². The molecule has 0 spiro atoms. The predicted molar refractivity (Wildman–Crippen MR) is 121 cm³/mol. The fourth-order valence-corrected chi connectivity index (χ4v) is 5.37. The van der Waals surface area contributed by atoms with Crippen molar-refractivity contribution in [3.63, 3.8) is 0 Å². The van der Waals surface area contributed by atoms with Crippen LogP contribution >= 0.6 is 0 Å². The number of hydrogen-bond acceptors (Lipinski definition) is 5. The monoisotopic (exact) mass is 438 g/mol. The minimum absolute atomic E-state index is 0.0524. The Kier molecular flexibility index (Phi) is 6.83. The number of rotatable bonds is 8. The summed E-state index contributed by atoms with van der Waals surface area (Å²) < 4.78 is 27.4. The molecule has 0 bridgehead atoms. The lowest BCUT2D eigenvalue weighted by Gasteiger charge is -2.36. The normalized spacial score (nSPS) is 17.6. The SMILES string of the molecule is CCS(=O)(=O)c1ncc(CN2CCCC[C@H]2c2cccnc2)n1CCc1ccccc1. The van der Waals surface area contributed by atoms with E-state index in [1.807, 2.05) is 35.0 Å². The summed E-state index contributed by atoms with van der Waals surface area (Å²) in [6.07, 6.45) is 9.70. The standard InChI is InChI=1S/C24H30N4O2S/c1-2-31(29,30)24-26-18-22(28(24)16-13-20-9-4-3-5-10-20)19-27-15-7-6-12-23(27)21-11-8-14-25-17-21/h3-5,8-11,14,17-18,23H,2,6-7,12-13,15-16,19H2,1H3/t23-/m0/s1. The molecule has 0 radical (unpaired) electrons. The molecule has 6 nitrogen and oxygen atoms in total. The quantitative estimate of drug-likeness (QED) is 0.531. The van der Waals surface area contributed by atoms with Gasteiger partial charge in [0.1, 0.15) is 0 Å². The Balaban J connectivity index is 1.62. The highest BCUT2D eigenvalue weighted by Crippen LogP contribution is 2.32. The van der Waals surface area contributed by atoms with E-state index in [9.17, 15) is 8.42 Å². The van der Waals surface area contributed by atoms with Crippen LogP contribution in [0.15, 0.2) is 66.2 Å². The molecule has 0 saturated carbocycles. The third kappa shape index (κ3) is 5.05. The maximum atomic E-state index is 12.7. The van der Waals surface area contributed by atoms with Gasteiger partial charge in [0, 0.05) is 31.5 Å². The van der Waals surface area contributed by atoms with Gasteiger partial charge in [-0.15, -0.1) is 0 Å². The lowest BCUT2D eigenvalue weighted by molar-refractivity contribution is 0.136. The van der Waals surface area contributed by atoms with Crippen LogP contribution in [0.2, 0.25) is 0 Å². The number of likely N-dealkylation sites (tertiary alicyclic amines) is 1. The van der Waals surface area contributed by atoms with E-state index in [1.54, 1.807) is 19.3 Å². The number of sulfone groups is 1. The van der Waals surface area contributed by atoms with Crippen molar-refractivity contribution in [3.8, 4) is 0 Å². The van der Waals surface area contributed by atoms with Gasteiger partial charge in [-0.05, 0) is 43.0 Å². The molecule has 0 amide bonds. The number of piperidine rings is 1. The number of pyridine rings is 1. The predicted octanol–water partition coefficient (Wildman–Crippen LogP) is 4.04. The molecule has 3 heterocycles. The van der Waals surface area contributed by atoms with Crippen LogP contribution in [-0.2, 0) is 29.3 Å². The summed E-state index contributed by atoms with van der Waals surface area (Å²) in [5, 5.41) is 0.191. The molecule has 1 aromatic carbocycles. The van der Waals surface area contributed by atoms with Gasteiger partial charge in [0.25, 0.3) is 0 Å². The molecular weight excluding hydrogens is 408 g/mol. The second-order valence-corrected chi connectivity index (χ2v) is 10.3. The van der Waals surface area contributed by atoms with Crippen molar-refractivity contribution in [2.45, 2.75) is 56.9 Å². The number of hydrogen-bond donors (Lipinski definition) is 0. The Morgan fingerprint density at radius 2 is 1.90 bits per heavy atom. The molecule has 1 aliphatic rings. The van der Waals surface area contributed by atoms with E-state index in [0.29, 0.717) is 19.1 Å². The van der Waals surface area contributed by atoms with Crippen molar-refractivity contribution in [2.75, 3.05) is 12.3 Å². The number of aryl methyl sites for hydroxylation is 1. The average Bonchev–Trinajstić information content (AvgIpc) is 3.22. The van der Waals surface area contributed by atoms with E-state index < -0.39 is 9.84 Å². The Bertz CT molecular complexity index is 1080. The fraction of sp³-hybridized carbons (Fsp3) is 0.417. The van der Waals surface area contributed by atoms with Gasteiger partial charge in [0.2, 0.25) is 15.0 Å². The van der Waals surface area contributed by atoms with Gasteiger partial charge >= 0.3 is 0 Å². The average molecular weight is 439 g/mol. The summed E-state index contributed by atoms with van der Waals surface area (Å²) in [5.74, 6) is 0.0524. The maximum Gasteiger partial charge on any atom is 0.227 e. The first-order valence-electron chi connectivity index (χ1n) is 11.0. The Labute approximate surface area is 184 Å². The van der Waals surface area contributed by atoms with Crippen molar-refractivity contribution < 1.29 is 8.42 Å². The van der Waals surface area contributed by atoms with Crippen molar-refractivity contribution in [3.05, 3.63) is 77.9 Å². The molecule has 2 aromatic heterocycles. The van der Waals surface area contributed by atoms with Gasteiger partial charge in [-0.2, -0.15) is 0 Å². The minimum Gasteiger partial charge on any atom is -0.317 e. The zero-order valence-corrected chi connectivity index (χ0v) is 18.8. The summed E-state index contributed by atoms with van der Waals surface area (Å²) in [5.41, 5.74) is 3.37. The van der Waals surface area contributed by atoms with Gasteiger partial charge in [0.15, 0.2) is 0 Å². The summed E-state index contributed by atoms with van der Waals surface area (Å²) in [6.45, 7) is 3.94. The van der Waals surface area contributed by atoms with Gasteiger partial charge in [0.05, 0.1) is 17.6 Å². The molecule has 1 aliphatic heterocycles. The molecule has 1 saturated heterocycles. The number of nitrogens with zero attached hydrogens (tertiary/aromatic N) is 4. The lowest BCUT2D eigenvalue weighted by Crippen LogP contribution is -2.34. The van der Waals surface area contributed by atoms with E-state index in [2.05, 4.69) is 33.1 Å². The van der Waals surface area contributed by atoms with Crippen LogP contribution in [0.1, 0.15) is 49.0 Å². The second kappa shape index (κ2) is 9.75. The molecule has 1 fully saturated rings. The molecule has 164 valence electrons. The first kappa shape index (κ1) is 21.7. The highest BCUT2D eigenvalue weighted by molar-refractivity contribution is 7.91. The van der Waals surface area contributed by atoms with Crippen LogP contribution in [0.3, 0.4) is 0 Å². The van der Waals surface area contributed by atoms with E-state index in [4.69, 9.17) is 0 Å². The third-order valence-electron chi connectivity index (χ3n) is 6.07. The topological polar surface area (TPSA) is 68.1 Å².